The van der Waals surface area contributed by atoms with Crippen LogP contribution in [0, 0.1) is 5.82 Å². The van der Waals surface area contributed by atoms with Crippen molar-refractivity contribution in [3.05, 3.63) is 71.5 Å². The van der Waals surface area contributed by atoms with E-state index in [2.05, 4.69) is 4.90 Å². The van der Waals surface area contributed by atoms with Crippen LogP contribution in [0.2, 0.25) is 0 Å². The number of carbonyl (C=O) groups excluding carboxylic acids is 1. The summed E-state index contributed by atoms with van der Waals surface area (Å²) in [6, 6.07) is 16.4. The van der Waals surface area contributed by atoms with Crippen molar-refractivity contribution in [3.63, 3.8) is 0 Å². The first kappa shape index (κ1) is 16.7. The number of carbonyl (C=O) groups is 1. The third kappa shape index (κ3) is 4.20. The Bertz CT molecular complexity index is 666. The van der Waals surface area contributed by atoms with Gasteiger partial charge < -0.3 is 4.90 Å². The number of nitrogens with zero attached hydrogens (tertiary/aromatic N) is 2. The zero-order valence-corrected chi connectivity index (χ0v) is 13.8. The smallest absolute Gasteiger partial charge is 0.253 e. The molecule has 1 aliphatic heterocycles. The maximum absolute atomic E-state index is 13.6. The molecule has 4 heteroatoms. The lowest BCUT2D eigenvalue weighted by Crippen LogP contribution is -2.48. The average Bonchev–Trinajstić information content (AvgIpc) is 2.64. The van der Waals surface area contributed by atoms with Crippen LogP contribution < -0.4 is 0 Å². The molecule has 0 radical (unpaired) electrons. The number of hydrogen-bond acceptors (Lipinski definition) is 2. The van der Waals surface area contributed by atoms with Gasteiger partial charge in [-0.05, 0) is 43.1 Å². The van der Waals surface area contributed by atoms with E-state index < -0.39 is 0 Å². The van der Waals surface area contributed by atoms with Crippen LogP contribution in [0.5, 0.6) is 0 Å². The quantitative estimate of drug-likeness (QED) is 0.842. The fourth-order valence-electron chi connectivity index (χ4n) is 3.13. The average molecular weight is 326 g/mol. The van der Waals surface area contributed by atoms with Crippen molar-refractivity contribution in [1.82, 2.24) is 9.80 Å². The normalized spacial score (nSPS) is 15.5. The molecule has 0 spiro atoms. The third-order valence-corrected chi connectivity index (χ3v) is 4.56. The minimum atomic E-state index is -0.115. The Balaban J connectivity index is 1.42. The summed E-state index contributed by atoms with van der Waals surface area (Å²) in [6.45, 7) is 4.23. The Morgan fingerprint density at radius 2 is 1.58 bits per heavy atom. The Labute approximate surface area is 142 Å². The van der Waals surface area contributed by atoms with Gasteiger partial charge in [0.2, 0.25) is 0 Å². The lowest BCUT2D eigenvalue weighted by atomic mass is 10.1. The summed E-state index contributed by atoms with van der Waals surface area (Å²) in [5.41, 5.74) is 1.54. The summed E-state index contributed by atoms with van der Waals surface area (Å²) in [7, 11) is 0. The van der Waals surface area contributed by atoms with E-state index in [9.17, 15) is 9.18 Å². The number of hydrogen-bond donors (Lipinski definition) is 0. The summed E-state index contributed by atoms with van der Waals surface area (Å²) < 4.78 is 13.6. The molecule has 2 aromatic carbocycles. The molecular formula is C20H23FN2O. The van der Waals surface area contributed by atoms with Crippen molar-refractivity contribution in [2.45, 2.75) is 12.8 Å². The fourth-order valence-corrected chi connectivity index (χ4v) is 3.13. The van der Waals surface area contributed by atoms with Crippen LogP contribution in [-0.4, -0.2) is 48.4 Å². The van der Waals surface area contributed by atoms with Crippen molar-refractivity contribution in [1.29, 1.82) is 0 Å². The van der Waals surface area contributed by atoms with Gasteiger partial charge in [0.15, 0.2) is 0 Å². The zero-order chi connectivity index (χ0) is 16.8. The first-order valence-corrected chi connectivity index (χ1v) is 8.54. The van der Waals surface area contributed by atoms with Gasteiger partial charge in [0.25, 0.3) is 5.91 Å². The number of amides is 1. The topological polar surface area (TPSA) is 23.6 Å². The molecule has 3 rings (SSSR count). The second-order valence-corrected chi connectivity index (χ2v) is 6.19. The van der Waals surface area contributed by atoms with Gasteiger partial charge in [0, 0.05) is 31.7 Å². The summed E-state index contributed by atoms with van der Waals surface area (Å²) >= 11 is 0. The number of halogens is 1. The van der Waals surface area contributed by atoms with E-state index in [0.29, 0.717) is 0 Å². The van der Waals surface area contributed by atoms with Crippen LogP contribution in [0.25, 0.3) is 0 Å². The van der Waals surface area contributed by atoms with Gasteiger partial charge in [-0.25, -0.2) is 4.39 Å². The monoisotopic (exact) mass is 326 g/mol. The van der Waals surface area contributed by atoms with Crippen molar-refractivity contribution in [2.24, 2.45) is 0 Å². The minimum Gasteiger partial charge on any atom is -0.336 e. The van der Waals surface area contributed by atoms with Gasteiger partial charge in [-0.3, -0.25) is 9.69 Å². The lowest BCUT2D eigenvalue weighted by Gasteiger charge is -2.34. The standard InChI is InChI=1S/C20H23FN2O/c21-19-11-5-4-7-17(19)10-6-12-22-13-15-23(16-14-22)20(24)18-8-2-1-3-9-18/h1-5,7-9,11H,6,10,12-16H2. The molecule has 1 amide bonds. The molecule has 1 fully saturated rings. The van der Waals surface area contributed by atoms with E-state index in [0.717, 1.165) is 56.7 Å². The lowest BCUT2D eigenvalue weighted by molar-refractivity contribution is 0.0636. The Kier molecular flexibility index (Phi) is 5.59. The molecule has 1 aliphatic rings. The van der Waals surface area contributed by atoms with Gasteiger partial charge in [-0.2, -0.15) is 0 Å². The Morgan fingerprint density at radius 1 is 0.917 bits per heavy atom. The molecule has 1 heterocycles. The van der Waals surface area contributed by atoms with Crippen LogP contribution in [0.3, 0.4) is 0 Å². The van der Waals surface area contributed by atoms with E-state index in [4.69, 9.17) is 0 Å². The third-order valence-electron chi connectivity index (χ3n) is 4.56. The second kappa shape index (κ2) is 8.06. The second-order valence-electron chi connectivity index (χ2n) is 6.19. The summed E-state index contributed by atoms with van der Waals surface area (Å²) in [5.74, 6) is -0.00242. The van der Waals surface area contributed by atoms with Gasteiger partial charge in [-0.15, -0.1) is 0 Å². The first-order valence-electron chi connectivity index (χ1n) is 8.54. The Morgan fingerprint density at radius 3 is 2.29 bits per heavy atom. The molecule has 0 atom stereocenters. The van der Waals surface area contributed by atoms with Crippen LogP contribution in [0.15, 0.2) is 54.6 Å². The molecule has 0 bridgehead atoms. The zero-order valence-electron chi connectivity index (χ0n) is 13.8. The number of benzene rings is 2. The molecule has 3 nitrogen and oxygen atoms in total. The molecule has 0 aliphatic carbocycles. The molecule has 0 unspecified atom stereocenters. The molecular weight excluding hydrogens is 303 g/mol. The molecule has 24 heavy (non-hydrogen) atoms. The summed E-state index contributed by atoms with van der Waals surface area (Å²) in [5, 5.41) is 0. The van der Waals surface area contributed by atoms with Crippen molar-refractivity contribution >= 4 is 5.91 Å². The van der Waals surface area contributed by atoms with E-state index in [1.165, 1.54) is 6.07 Å². The van der Waals surface area contributed by atoms with Crippen LogP contribution >= 0.6 is 0 Å². The highest BCUT2D eigenvalue weighted by atomic mass is 19.1. The largest absolute Gasteiger partial charge is 0.336 e. The van der Waals surface area contributed by atoms with E-state index in [1.807, 2.05) is 47.4 Å². The molecule has 0 saturated carbocycles. The van der Waals surface area contributed by atoms with Crippen LogP contribution in [0.1, 0.15) is 22.3 Å². The van der Waals surface area contributed by atoms with Crippen molar-refractivity contribution < 1.29 is 9.18 Å². The van der Waals surface area contributed by atoms with Crippen molar-refractivity contribution in [2.75, 3.05) is 32.7 Å². The van der Waals surface area contributed by atoms with Crippen LogP contribution in [-0.2, 0) is 6.42 Å². The molecule has 126 valence electrons. The molecule has 2 aromatic rings. The highest BCUT2D eigenvalue weighted by molar-refractivity contribution is 5.94. The predicted octanol–water partition coefficient (Wildman–Crippen LogP) is 3.22. The fraction of sp³-hybridized carbons (Fsp3) is 0.350. The molecule has 0 aromatic heterocycles. The van der Waals surface area contributed by atoms with Gasteiger partial charge in [0.05, 0.1) is 0 Å². The van der Waals surface area contributed by atoms with Crippen LogP contribution in [0.4, 0.5) is 4.39 Å². The molecule has 0 N–H and O–H groups in total. The maximum atomic E-state index is 13.6. The van der Waals surface area contributed by atoms with Gasteiger partial charge in [0.1, 0.15) is 5.82 Å². The Hall–Kier alpha value is -2.20. The maximum Gasteiger partial charge on any atom is 0.253 e. The number of piperazine rings is 1. The van der Waals surface area contributed by atoms with Gasteiger partial charge in [-0.1, -0.05) is 36.4 Å². The first-order chi connectivity index (χ1) is 11.7. The highest BCUT2D eigenvalue weighted by Gasteiger charge is 2.21. The van der Waals surface area contributed by atoms with E-state index in [1.54, 1.807) is 6.07 Å². The minimum absolute atomic E-state index is 0.113. The summed E-state index contributed by atoms with van der Waals surface area (Å²) in [4.78, 5) is 16.7. The van der Waals surface area contributed by atoms with E-state index >= 15 is 0 Å². The highest BCUT2D eigenvalue weighted by Crippen LogP contribution is 2.12. The van der Waals surface area contributed by atoms with Gasteiger partial charge >= 0.3 is 0 Å². The SMILES string of the molecule is O=C(c1ccccc1)N1CCN(CCCc2ccccc2F)CC1. The number of rotatable bonds is 5. The predicted molar refractivity (Wildman–Crippen MR) is 93.5 cm³/mol. The van der Waals surface area contributed by atoms with Crippen molar-refractivity contribution in [3.8, 4) is 0 Å². The summed E-state index contributed by atoms with van der Waals surface area (Å²) in [6.07, 6.45) is 1.70. The number of aryl methyl sites for hydroxylation is 1. The van der Waals surface area contributed by atoms with E-state index in [-0.39, 0.29) is 11.7 Å². The molecule has 1 saturated heterocycles.